The molecule has 2 amide bonds. The number of benzene rings is 1. The molecule has 3 rings (SSSR count). The molecule has 7 nitrogen and oxygen atoms in total. The number of urea groups is 1. The first-order valence-electron chi connectivity index (χ1n) is 7.31. The van der Waals surface area contributed by atoms with Crippen LogP contribution in [0.2, 0.25) is 0 Å². The van der Waals surface area contributed by atoms with Crippen LogP contribution in [0, 0.1) is 5.82 Å². The first-order valence-corrected chi connectivity index (χ1v) is 7.31. The van der Waals surface area contributed by atoms with Gasteiger partial charge in [0.2, 0.25) is 0 Å². The van der Waals surface area contributed by atoms with Gasteiger partial charge in [-0.05, 0) is 18.2 Å². The summed E-state index contributed by atoms with van der Waals surface area (Å²) in [6, 6.07) is 5.67. The summed E-state index contributed by atoms with van der Waals surface area (Å²) in [5, 5.41) is 9.26. The number of anilines is 3. The molecule has 0 saturated carbocycles. The van der Waals surface area contributed by atoms with Gasteiger partial charge in [-0.2, -0.15) is 5.10 Å². The van der Waals surface area contributed by atoms with Gasteiger partial charge in [0.15, 0.2) is 5.82 Å². The normalized spacial score (nSPS) is 14.6. The summed E-state index contributed by atoms with van der Waals surface area (Å²) in [4.78, 5) is 14.0. The van der Waals surface area contributed by atoms with Crippen LogP contribution < -0.4 is 15.5 Å². The minimum Gasteiger partial charge on any atom is -0.378 e. The van der Waals surface area contributed by atoms with E-state index in [1.807, 2.05) is 4.90 Å². The molecule has 1 saturated heterocycles. The summed E-state index contributed by atoms with van der Waals surface area (Å²) in [6.45, 7) is 2.62. The van der Waals surface area contributed by atoms with Crippen molar-refractivity contribution in [3.05, 3.63) is 36.3 Å². The Bertz CT molecular complexity index is 697. The van der Waals surface area contributed by atoms with Crippen molar-refractivity contribution < 1.29 is 13.9 Å². The van der Waals surface area contributed by atoms with Crippen molar-refractivity contribution in [3.8, 4) is 0 Å². The molecule has 122 valence electrons. The number of carbonyl (C=O) groups is 1. The van der Waals surface area contributed by atoms with Crippen LogP contribution in [0.25, 0.3) is 0 Å². The molecule has 0 radical (unpaired) electrons. The third kappa shape index (κ3) is 3.98. The van der Waals surface area contributed by atoms with Gasteiger partial charge >= 0.3 is 6.03 Å². The SMILES string of the molecule is Cn1ccc(NC(=O)Nc2cc(F)cc(N3CCOCC3)c2)n1. The number of rotatable bonds is 3. The van der Waals surface area contributed by atoms with Gasteiger partial charge in [-0.3, -0.25) is 10.00 Å². The van der Waals surface area contributed by atoms with E-state index in [1.54, 1.807) is 30.1 Å². The summed E-state index contributed by atoms with van der Waals surface area (Å²) in [7, 11) is 1.75. The molecule has 2 N–H and O–H groups in total. The maximum atomic E-state index is 13.8. The lowest BCUT2D eigenvalue weighted by atomic mass is 10.2. The van der Waals surface area contributed by atoms with E-state index in [-0.39, 0.29) is 0 Å². The molecule has 0 bridgehead atoms. The van der Waals surface area contributed by atoms with Crippen molar-refractivity contribution in [2.45, 2.75) is 0 Å². The molecule has 23 heavy (non-hydrogen) atoms. The van der Waals surface area contributed by atoms with Crippen LogP contribution in [0.3, 0.4) is 0 Å². The Balaban J connectivity index is 1.69. The van der Waals surface area contributed by atoms with Crippen LogP contribution >= 0.6 is 0 Å². The van der Waals surface area contributed by atoms with E-state index in [2.05, 4.69) is 15.7 Å². The molecule has 0 unspecified atom stereocenters. The van der Waals surface area contributed by atoms with Gasteiger partial charge < -0.3 is 15.0 Å². The van der Waals surface area contributed by atoms with Gasteiger partial charge in [-0.1, -0.05) is 0 Å². The maximum Gasteiger partial charge on any atom is 0.324 e. The number of aromatic nitrogens is 2. The summed E-state index contributed by atoms with van der Waals surface area (Å²) >= 11 is 0. The number of hydrogen-bond acceptors (Lipinski definition) is 4. The number of ether oxygens (including phenoxy) is 1. The van der Waals surface area contributed by atoms with Crippen LogP contribution in [0.5, 0.6) is 0 Å². The number of aryl methyl sites for hydroxylation is 1. The molecule has 0 aliphatic carbocycles. The lowest BCUT2D eigenvalue weighted by Gasteiger charge is -2.29. The highest BCUT2D eigenvalue weighted by Crippen LogP contribution is 2.23. The number of amides is 2. The van der Waals surface area contributed by atoms with E-state index in [9.17, 15) is 9.18 Å². The Morgan fingerprint density at radius 1 is 1.26 bits per heavy atom. The highest BCUT2D eigenvalue weighted by Gasteiger charge is 2.14. The predicted molar refractivity (Wildman–Crippen MR) is 85.3 cm³/mol. The topological polar surface area (TPSA) is 71.4 Å². The molecule has 0 spiro atoms. The van der Waals surface area contributed by atoms with Crippen molar-refractivity contribution >= 4 is 23.2 Å². The predicted octanol–water partition coefficient (Wildman–Crippen LogP) is 2.04. The van der Waals surface area contributed by atoms with Gasteiger partial charge in [0.25, 0.3) is 0 Å². The number of halogens is 1. The molecule has 2 aromatic rings. The van der Waals surface area contributed by atoms with E-state index in [0.29, 0.717) is 37.8 Å². The van der Waals surface area contributed by atoms with Gasteiger partial charge in [-0.25, -0.2) is 9.18 Å². The van der Waals surface area contributed by atoms with E-state index < -0.39 is 11.8 Å². The first kappa shape index (κ1) is 15.3. The van der Waals surface area contributed by atoms with Gasteiger partial charge in [0, 0.05) is 43.8 Å². The van der Waals surface area contributed by atoms with Crippen LogP contribution in [0.1, 0.15) is 0 Å². The Morgan fingerprint density at radius 2 is 2.04 bits per heavy atom. The smallest absolute Gasteiger partial charge is 0.324 e. The molecule has 1 aliphatic rings. The Labute approximate surface area is 133 Å². The number of nitrogens with zero attached hydrogens (tertiary/aromatic N) is 3. The fraction of sp³-hybridized carbons (Fsp3) is 0.333. The molecular weight excluding hydrogens is 301 g/mol. The molecule has 1 aromatic heterocycles. The zero-order chi connectivity index (χ0) is 16.2. The lowest BCUT2D eigenvalue weighted by Crippen LogP contribution is -2.36. The van der Waals surface area contributed by atoms with E-state index in [0.717, 1.165) is 5.69 Å². The third-order valence-electron chi connectivity index (χ3n) is 3.47. The monoisotopic (exact) mass is 319 g/mol. The van der Waals surface area contributed by atoms with E-state index in [4.69, 9.17) is 4.74 Å². The standard InChI is InChI=1S/C15H18FN5O2/c1-20-3-2-14(19-20)18-15(22)17-12-8-11(16)9-13(10-12)21-4-6-23-7-5-21/h2-3,8-10H,4-7H2,1H3,(H2,17,18,19,22). The fourth-order valence-corrected chi connectivity index (χ4v) is 2.41. The van der Waals surface area contributed by atoms with Crippen molar-refractivity contribution in [1.82, 2.24) is 9.78 Å². The van der Waals surface area contributed by atoms with E-state index in [1.165, 1.54) is 12.1 Å². The molecule has 1 fully saturated rings. The highest BCUT2D eigenvalue weighted by molar-refractivity contribution is 5.99. The number of nitrogens with one attached hydrogen (secondary N) is 2. The van der Waals surface area contributed by atoms with Crippen LogP contribution in [-0.4, -0.2) is 42.1 Å². The first-order chi connectivity index (χ1) is 11.1. The second kappa shape index (κ2) is 6.66. The Morgan fingerprint density at radius 3 is 2.74 bits per heavy atom. The molecule has 1 aromatic carbocycles. The average molecular weight is 319 g/mol. The van der Waals surface area contributed by atoms with Crippen molar-refractivity contribution in [1.29, 1.82) is 0 Å². The zero-order valence-electron chi connectivity index (χ0n) is 12.8. The molecule has 2 heterocycles. The lowest BCUT2D eigenvalue weighted by molar-refractivity contribution is 0.122. The van der Waals surface area contributed by atoms with Gasteiger partial charge in [0.05, 0.1) is 13.2 Å². The number of carbonyl (C=O) groups excluding carboxylic acids is 1. The summed E-state index contributed by atoms with van der Waals surface area (Å²) in [5.41, 5.74) is 1.11. The minimum absolute atomic E-state index is 0.389. The molecule has 1 aliphatic heterocycles. The number of hydrogen-bond donors (Lipinski definition) is 2. The summed E-state index contributed by atoms with van der Waals surface area (Å²) in [5.74, 6) is 0.0249. The second-order valence-electron chi connectivity index (χ2n) is 5.25. The van der Waals surface area contributed by atoms with E-state index >= 15 is 0 Å². The Kier molecular flexibility index (Phi) is 4.42. The van der Waals surface area contributed by atoms with Crippen molar-refractivity contribution in [2.24, 2.45) is 7.05 Å². The Hall–Kier alpha value is -2.61. The average Bonchev–Trinajstić information content (AvgIpc) is 2.92. The minimum atomic E-state index is -0.470. The fourth-order valence-electron chi connectivity index (χ4n) is 2.41. The summed E-state index contributed by atoms with van der Waals surface area (Å²) in [6.07, 6.45) is 1.72. The largest absolute Gasteiger partial charge is 0.378 e. The quantitative estimate of drug-likeness (QED) is 0.908. The van der Waals surface area contributed by atoms with Gasteiger partial charge in [-0.15, -0.1) is 0 Å². The third-order valence-corrected chi connectivity index (χ3v) is 3.47. The molecule has 8 heteroatoms. The second-order valence-corrected chi connectivity index (χ2v) is 5.25. The molecule has 0 atom stereocenters. The summed E-state index contributed by atoms with van der Waals surface area (Å²) < 4.78 is 20.7. The highest BCUT2D eigenvalue weighted by atomic mass is 19.1. The van der Waals surface area contributed by atoms with Crippen molar-refractivity contribution in [2.75, 3.05) is 41.8 Å². The number of morpholine rings is 1. The maximum absolute atomic E-state index is 13.8. The van der Waals surface area contributed by atoms with Crippen LogP contribution in [0.4, 0.5) is 26.4 Å². The van der Waals surface area contributed by atoms with Crippen LogP contribution in [-0.2, 0) is 11.8 Å². The van der Waals surface area contributed by atoms with Crippen LogP contribution in [0.15, 0.2) is 30.5 Å². The zero-order valence-corrected chi connectivity index (χ0v) is 12.8. The van der Waals surface area contributed by atoms with Crippen molar-refractivity contribution in [3.63, 3.8) is 0 Å². The molecular formula is C15H18FN5O2. The van der Waals surface area contributed by atoms with Gasteiger partial charge in [0.1, 0.15) is 5.82 Å².